The van der Waals surface area contributed by atoms with Crippen molar-refractivity contribution in [3.63, 3.8) is 0 Å². The molecule has 1 saturated carbocycles. The topological polar surface area (TPSA) is 38.8 Å². The van der Waals surface area contributed by atoms with E-state index in [1.165, 1.54) is 19.3 Å². The largest absolute Gasteiger partial charge is 0.454 e. The van der Waals surface area contributed by atoms with E-state index in [1.54, 1.807) is 0 Å². The summed E-state index contributed by atoms with van der Waals surface area (Å²) >= 11 is 0. The Bertz CT molecular complexity index is 796. The standard InChI is InChI=1S/C22H25NO3/c1-16-7-5-6-10-19(16)22(24)23(18-8-3-2-4-9-18)14-17-11-12-20-21(13-17)26-15-25-20/h5-7,10-13,18H,2-4,8-9,14-15H2,1H3. The maximum absolute atomic E-state index is 13.4. The monoisotopic (exact) mass is 351 g/mol. The highest BCUT2D eigenvalue weighted by Gasteiger charge is 2.27. The molecule has 1 amide bonds. The number of hydrogen-bond donors (Lipinski definition) is 0. The molecule has 1 aliphatic carbocycles. The molecule has 2 aromatic rings. The highest BCUT2D eigenvalue weighted by molar-refractivity contribution is 5.95. The lowest BCUT2D eigenvalue weighted by molar-refractivity contribution is 0.0613. The van der Waals surface area contributed by atoms with E-state index in [-0.39, 0.29) is 12.7 Å². The molecule has 2 aromatic carbocycles. The van der Waals surface area contributed by atoms with Crippen molar-refractivity contribution < 1.29 is 14.3 Å². The van der Waals surface area contributed by atoms with Crippen LogP contribution in [0, 0.1) is 6.92 Å². The molecule has 26 heavy (non-hydrogen) atoms. The number of hydrogen-bond acceptors (Lipinski definition) is 3. The molecule has 0 atom stereocenters. The molecule has 0 spiro atoms. The van der Waals surface area contributed by atoms with Gasteiger partial charge in [0.1, 0.15) is 0 Å². The zero-order valence-electron chi connectivity index (χ0n) is 15.2. The Morgan fingerprint density at radius 2 is 1.81 bits per heavy atom. The van der Waals surface area contributed by atoms with Crippen LogP contribution in [-0.2, 0) is 6.54 Å². The minimum atomic E-state index is 0.132. The van der Waals surface area contributed by atoms with Gasteiger partial charge in [-0.25, -0.2) is 0 Å². The smallest absolute Gasteiger partial charge is 0.254 e. The van der Waals surface area contributed by atoms with Crippen LogP contribution in [0.2, 0.25) is 0 Å². The molecule has 1 heterocycles. The fourth-order valence-corrected chi connectivity index (χ4v) is 3.96. The van der Waals surface area contributed by atoms with Crippen molar-refractivity contribution in [3.05, 3.63) is 59.2 Å². The number of aryl methyl sites for hydroxylation is 1. The second-order valence-corrected chi connectivity index (χ2v) is 7.23. The SMILES string of the molecule is Cc1ccccc1C(=O)N(Cc1ccc2c(c1)OCO2)C1CCCCC1. The minimum absolute atomic E-state index is 0.132. The Balaban J connectivity index is 1.62. The maximum Gasteiger partial charge on any atom is 0.254 e. The first-order valence-corrected chi connectivity index (χ1v) is 9.47. The number of fused-ring (bicyclic) bond motifs is 1. The molecule has 1 aliphatic heterocycles. The molecule has 0 N–H and O–H groups in total. The zero-order chi connectivity index (χ0) is 17.9. The van der Waals surface area contributed by atoms with E-state index in [4.69, 9.17) is 9.47 Å². The van der Waals surface area contributed by atoms with Crippen LogP contribution in [0.1, 0.15) is 53.6 Å². The molecule has 2 aliphatic rings. The number of ether oxygens (including phenoxy) is 2. The van der Waals surface area contributed by atoms with Gasteiger partial charge < -0.3 is 14.4 Å². The lowest BCUT2D eigenvalue weighted by Crippen LogP contribution is -2.41. The first-order valence-electron chi connectivity index (χ1n) is 9.47. The fraction of sp³-hybridized carbons (Fsp3) is 0.409. The van der Waals surface area contributed by atoms with Crippen LogP contribution in [0.4, 0.5) is 0 Å². The zero-order valence-corrected chi connectivity index (χ0v) is 15.2. The van der Waals surface area contributed by atoms with Crippen LogP contribution in [0.3, 0.4) is 0 Å². The molecule has 0 aromatic heterocycles. The van der Waals surface area contributed by atoms with Gasteiger partial charge in [-0.1, -0.05) is 43.5 Å². The highest BCUT2D eigenvalue weighted by atomic mass is 16.7. The van der Waals surface area contributed by atoms with E-state index in [2.05, 4.69) is 4.90 Å². The normalized spacial score (nSPS) is 16.5. The first kappa shape index (κ1) is 17.0. The third-order valence-corrected chi connectivity index (χ3v) is 5.44. The van der Waals surface area contributed by atoms with Gasteiger partial charge in [0.25, 0.3) is 5.91 Å². The van der Waals surface area contributed by atoms with Crippen molar-refractivity contribution in [1.29, 1.82) is 0 Å². The average Bonchev–Trinajstić information content (AvgIpc) is 3.14. The molecular weight excluding hydrogens is 326 g/mol. The van der Waals surface area contributed by atoms with Crippen molar-refractivity contribution in [2.45, 2.75) is 51.6 Å². The first-order chi connectivity index (χ1) is 12.7. The summed E-state index contributed by atoms with van der Waals surface area (Å²) in [6.45, 7) is 2.88. The van der Waals surface area contributed by atoms with Crippen molar-refractivity contribution in [3.8, 4) is 11.5 Å². The number of carbonyl (C=O) groups is 1. The lowest BCUT2D eigenvalue weighted by atomic mass is 9.93. The van der Waals surface area contributed by atoms with Gasteiger partial charge in [-0.05, 0) is 49.1 Å². The Morgan fingerprint density at radius 3 is 2.62 bits per heavy atom. The van der Waals surface area contributed by atoms with Gasteiger partial charge in [-0.2, -0.15) is 0 Å². The summed E-state index contributed by atoms with van der Waals surface area (Å²) in [6, 6.07) is 14.2. The number of rotatable bonds is 4. The van der Waals surface area contributed by atoms with Crippen LogP contribution in [-0.4, -0.2) is 23.6 Å². The third-order valence-electron chi connectivity index (χ3n) is 5.44. The van der Waals surface area contributed by atoms with Crippen LogP contribution in [0.15, 0.2) is 42.5 Å². The van der Waals surface area contributed by atoms with Gasteiger partial charge >= 0.3 is 0 Å². The molecule has 4 rings (SSSR count). The van der Waals surface area contributed by atoms with Crippen molar-refractivity contribution in [1.82, 2.24) is 4.90 Å². The Labute approximate surface area is 154 Å². The van der Waals surface area contributed by atoms with Crippen LogP contribution in [0.5, 0.6) is 11.5 Å². The summed E-state index contributed by atoms with van der Waals surface area (Å²) in [5.41, 5.74) is 2.92. The van der Waals surface area contributed by atoms with Gasteiger partial charge in [0.05, 0.1) is 0 Å². The van der Waals surface area contributed by atoms with Gasteiger partial charge in [0.15, 0.2) is 11.5 Å². The molecule has 0 unspecified atom stereocenters. The Kier molecular flexibility index (Phi) is 4.83. The van der Waals surface area contributed by atoms with Crippen molar-refractivity contribution in [2.24, 2.45) is 0 Å². The average molecular weight is 351 g/mol. The van der Waals surface area contributed by atoms with Gasteiger partial charge in [-0.15, -0.1) is 0 Å². The van der Waals surface area contributed by atoms with Gasteiger partial charge in [-0.3, -0.25) is 4.79 Å². The van der Waals surface area contributed by atoms with E-state index in [0.717, 1.165) is 41.0 Å². The summed E-state index contributed by atoms with van der Waals surface area (Å²) in [7, 11) is 0. The molecule has 0 bridgehead atoms. The quantitative estimate of drug-likeness (QED) is 0.801. The van der Waals surface area contributed by atoms with Crippen molar-refractivity contribution >= 4 is 5.91 Å². The van der Waals surface area contributed by atoms with Gasteiger partial charge in [0, 0.05) is 18.2 Å². The molecule has 0 saturated heterocycles. The van der Waals surface area contributed by atoms with Crippen LogP contribution in [0.25, 0.3) is 0 Å². The Morgan fingerprint density at radius 1 is 1.04 bits per heavy atom. The summed E-state index contributed by atoms with van der Waals surface area (Å²) in [5, 5.41) is 0. The highest BCUT2D eigenvalue weighted by Crippen LogP contribution is 2.34. The van der Waals surface area contributed by atoms with E-state index in [1.807, 2.05) is 49.4 Å². The number of amides is 1. The Hall–Kier alpha value is -2.49. The molecule has 4 nitrogen and oxygen atoms in total. The van der Waals surface area contributed by atoms with E-state index in [0.29, 0.717) is 12.6 Å². The van der Waals surface area contributed by atoms with Gasteiger partial charge in [0.2, 0.25) is 6.79 Å². The molecule has 1 fully saturated rings. The molecular formula is C22H25NO3. The molecule has 136 valence electrons. The lowest BCUT2D eigenvalue weighted by Gasteiger charge is -2.35. The number of nitrogens with zero attached hydrogens (tertiary/aromatic N) is 1. The van der Waals surface area contributed by atoms with Crippen molar-refractivity contribution in [2.75, 3.05) is 6.79 Å². The summed E-state index contributed by atoms with van der Waals surface area (Å²) < 4.78 is 10.9. The maximum atomic E-state index is 13.4. The molecule has 0 radical (unpaired) electrons. The predicted molar refractivity (Wildman–Crippen MR) is 100 cm³/mol. The third kappa shape index (κ3) is 3.41. The van der Waals surface area contributed by atoms with E-state index < -0.39 is 0 Å². The summed E-state index contributed by atoms with van der Waals surface area (Å²) in [5.74, 6) is 1.69. The number of carbonyl (C=O) groups excluding carboxylic acids is 1. The summed E-state index contributed by atoms with van der Waals surface area (Å²) in [4.78, 5) is 15.4. The number of benzene rings is 2. The predicted octanol–water partition coefficient (Wildman–Crippen LogP) is 4.70. The van der Waals surface area contributed by atoms with Crippen LogP contribution < -0.4 is 9.47 Å². The minimum Gasteiger partial charge on any atom is -0.454 e. The second-order valence-electron chi connectivity index (χ2n) is 7.23. The second kappa shape index (κ2) is 7.40. The van der Waals surface area contributed by atoms with E-state index in [9.17, 15) is 4.79 Å². The van der Waals surface area contributed by atoms with Crippen LogP contribution >= 0.6 is 0 Å². The molecule has 4 heteroatoms. The summed E-state index contributed by atoms with van der Waals surface area (Å²) in [6.07, 6.45) is 5.84. The fourth-order valence-electron chi connectivity index (χ4n) is 3.96. The van der Waals surface area contributed by atoms with E-state index >= 15 is 0 Å².